The highest BCUT2D eigenvalue weighted by Gasteiger charge is 2.62. The minimum atomic E-state index is -0.364. The van der Waals surface area contributed by atoms with E-state index in [0.717, 1.165) is 12.8 Å². The van der Waals surface area contributed by atoms with Crippen molar-refractivity contribution in [3.63, 3.8) is 0 Å². The Morgan fingerprint density at radius 1 is 1.16 bits per heavy atom. The van der Waals surface area contributed by atoms with Crippen molar-refractivity contribution in [3.05, 3.63) is 0 Å². The molecule has 3 atom stereocenters. The van der Waals surface area contributed by atoms with E-state index < -0.39 is 0 Å². The van der Waals surface area contributed by atoms with Gasteiger partial charge in [0.15, 0.2) is 0 Å². The van der Waals surface area contributed by atoms with Crippen molar-refractivity contribution in [1.82, 2.24) is 0 Å². The Labute approximate surface area is 114 Å². The van der Waals surface area contributed by atoms with Gasteiger partial charge in [0.2, 0.25) is 0 Å². The highest BCUT2D eigenvalue weighted by Crippen LogP contribution is 2.66. The van der Waals surface area contributed by atoms with Crippen LogP contribution in [0.1, 0.15) is 52.9 Å². The van der Waals surface area contributed by atoms with Crippen LogP contribution < -0.4 is 0 Å². The average molecular weight is 268 g/mol. The number of rotatable bonds is 4. The number of fused-ring (bicyclic) bond motifs is 2. The van der Waals surface area contributed by atoms with Crippen LogP contribution in [0.25, 0.3) is 0 Å². The van der Waals surface area contributed by atoms with Crippen molar-refractivity contribution < 1.29 is 19.1 Å². The summed E-state index contributed by atoms with van der Waals surface area (Å²) in [7, 11) is 1.33. The molecule has 108 valence electrons. The molecule has 0 aromatic heterocycles. The minimum absolute atomic E-state index is 0.00592. The first-order chi connectivity index (χ1) is 8.81. The molecular weight excluding hydrogens is 244 g/mol. The lowest BCUT2D eigenvalue weighted by molar-refractivity contribution is -0.159. The summed E-state index contributed by atoms with van der Waals surface area (Å²) in [5.41, 5.74) is 0.318. The summed E-state index contributed by atoms with van der Waals surface area (Å²) in [5, 5.41) is 0. The van der Waals surface area contributed by atoms with Crippen molar-refractivity contribution in [3.8, 4) is 0 Å². The summed E-state index contributed by atoms with van der Waals surface area (Å²) in [6.07, 6.45) is 3.55. The van der Waals surface area contributed by atoms with E-state index in [1.165, 1.54) is 13.5 Å². The van der Waals surface area contributed by atoms with Crippen molar-refractivity contribution in [1.29, 1.82) is 0 Å². The zero-order chi connectivity index (χ0) is 14.3. The van der Waals surface area contributed by atoms with Gasteiger partial charge in [0.05, 0.1) is 20.0 Å². The second-order valence-corrected chi connectivity index (χ2v) is 6.67. The Morgan fingerprint density at radius 3 is 2.26 bits per heavy atom. The largest absolute Gasteiger partial charge is 0.469 e. The predicted molar refractivity (Wildman–Crippen MR) is 70.4 cm³/mol. The van der Waals surface area contributed by atoms with Crippen molar-refractivity contribution in [2.75, 3.05) is 7.11 Å². The van der Waals surface area contributed by atoms with E-state index in [2.05, 4.69) is 25.5 Å². The molecule has 4 heteroatoms. The molecule has 2 aliphatic carbocycles. The maximum Gasteiger partial charge on any atom is 0.306 e. The van der Waals surface area contributed by atoms with E-state index in [-0.39, 0.29) is 41.7 Å². The molecule has 0 aliphatic heterocycles. The Kier molecular flexibility index (Phi) is 3.63. The van der Waals surface area contributed by atoms with E-state index in [4.69, 9.17) is 4.74 Å². The van der Waals surface area contributed by atoms with E-state index >= 15 is 0 Å². The Hall–Kier alpha value is -1.06. The number of esters is 2. The monoisotopic (exact) mass is 268 g/mol. The first-order valence-corrected chi connectivity index (χ1v) is 7.07. The summed E-state index contributed by atoms with van der Waals surface area (Å²) in [6, 6.07) is 0. The van der Waals surface area contributed by atoms with Crippen LogP contribution in [0.5, 0.6) is 0 Å². The van der Waals surface area contributed by atoms with Gasteiger partial charge in [0.1, 0.15) is 6.10 Å². The topological polar surface area (TPSA) is 52.6 Å². The quantitative estimate of drug-likeness (QED) is 0.736. The third-order valence-corrected chi connectivity index (χ3v) is 5.75. The molecule has 2 rings (SSSR count). The lowest BCUT2D eigenvalue weighted by Crippen LogP contribution is -2.38. The van der Waals surface area contributed by atoms with Gasteiger partial charge in [-0.25, -0.2) is 0 Å². The summed E-state index contributed by atoms with van der Waals surface area (Å²) < 4.78 is 10.2. The third-order valence-electron chi connectivity index (χ3n) is 5.75. The molecule has 2 bridgehead atoms. The maximum absolute atomic E-state index is 11.8. The number of hydrogen-bond donors (Lipinski definition) is 0. The van der Waals surface area contributed by atoms with E-state index in [1.807, 2.05) is 0 Å². The van der Waals surface area contributed by atoms with Gasteiger partial charge in [0, 0.05) is 5.41 Å². The predicted octanol–water partition coefficient (Wildman–Crippen LogP) is 2.70. The SMILES string of the molecule is COC(=O)CCC(=O)OC1CC2CCC1(C)C2(C)C. The first kappa shape index (κ1) is 14.4. The van der Waals surface area contributed by atoms with Crippen LogP contribution in [-0.4, -0.2) is 25.2 Å². The second kappa shape index (κ2) is 4.80. The molecule has 19 heavy (non-hydrogen) atoms. The van der Waals surface area contributed by atoms with Crippen LogP contribution in [0.4, 0.5) is 0 Å². The molecule has 2 fully saturated rings. The zero-order valence-corrected chi connectivity index (χ0v) is 12.3. The van der Waals surface area contributed by atoms with Gasteiger partial charge in [-0.2, -0.15) is 0 Å². The lowest BCUT2D eigenvalue weighted by Gasteiger charge is -2.38. The molecule has 0 aromatic carbocycles. The fourth-order valence-electron chi connectivity index (χ4n) is 3.83. The van der Waals surface area contributed by atoms with Crippen LogP contribution in [0.15, 0.2) is 0 Å². The fourth-order valence-corrected chi connectivity index (χ4v) is 3.83. The highest BCUT2D eigenvalue weighted by atomic mass is 16.5. The molecule has 4 nitrogen and oxygen atoms in total. The lowest BCUT2D eigenvalue weighted by atomic mass is 9.70. The van der Waals surface area contributed by atoms with Gasteiger partial charge in [0.25, 0.3) is 0 Å². The molecular formula is C15H24O4. The smallest absolute Gasteiger partial charge is 0.306 e. The summed E-state index contributed by atoms with van der Waals surface area (Å²) in [5.74, 6) is 0.00677. The maximum atomic E-state index is 11.8. The first-order valence-electron chi connectivity index (χ1n) is 7.07. The van der Waals surface area contributed by atoms with Crippen molar-refractivity contribution in [2.45, 2.75) is 59.0 Å². The van der Waals surface area contributed by atoms with Gasteiger partial charge in [-0.05, 0) is 30.6 Å². The van der Waals surface area contributed by atoms with Crippen molar-refractivity contribution in [2.24, 2.45) is 16.7 Å². The van der Waals surface area contributed by atoms with Gasteiger partial charge in [-0.3, -0.25) is 9.59 Å². The van der Waals surface area contributed by atoms with E-state index in [9.17, 15) is 9.59 Å². The number of hydrogen-bond acceptors (Lipinski definition) is 4. The Morgan fingerprint density at radius 2 is 1.79 bits per heavy atom. The van der Waals surface area contributed by atoms with Crippen LogP contribution in [0.2, 0.25) is 0 Å². The number of carbonyl (C=O) groups is 2. The van der Waals surface area contributed by atoms with Gasteiger partial charge < -0.3 is 9.47 Å². The van der Waals surface area contributed by atoms with Crippen LogP contribution >= 0.6 is 0 Å². The Bertz CT molecular complexity index is 388. The van der Waals surface area contributed by atoms with Gasteiger partial charge in [-0.1, -0.05) is 20.8 Å². The second-order valence-electron chi connectivity index (χ2n) is 6.67. The average Bonchev–Trinajstić information content (AvgIpc) is 2.69. The molecule has 0 amide bonds. The minimum Gasteiger partial charge on any atom is -0.469 e. The molecule has 2 saturated carbocycles. The summed E-state index contributed by atoms with van der Waals surface area (Å²) in [4.78, 5) is 22.8. The van der Waals surface area contributed by atoms with Crippen LogP contribution in [0, 0.1) is 16.7 Å². The number of methoxy groups -OCH3 is 1. The molecule has 0 spiro atoms. The third kappa shape index (κ3) is 2.26. The van der Waals surface area contributed by atoms with Crippen LogP contribution in [-0.2, 0) is 19.1 Å². The molecule has 2 aliphatic rings. The van der Waals surface area contributed by atoms with Gasteiger partial charge in [-0.15, -0.1) is 0 Å². The zero-order valence-electron chi connectivity index (χ0n) is 12.3. The fraction of sp³-hybridized carbons (Fsp3) is 0.867. The molecule has 0 heterocycles. The Balaban J connectivity index is 1.91. The summed E-state index contributed by atoms with van der Waals surface area (Å²) >= 11 is 0. The normalized spacial score (nSPS) is 35.2. The molecule has 0 N–H and O–H groups in total. The van der Waals surface area contributed by atoms with Crippen molar-refractivity contribution >= 4 is 11.9 Å². The summed E-state index contributed by atoms with van der Waals surface area (Å²) in [6.45, 7) is 6.80. The highest BCUT2D eigenvalue weighted by molar-refractivity contribution is 5.77. The molecule has 3 unspecified atom stereocenters. The number of ether oxygens (including phenoxy) is 2. The number of carbonyl (C=O) groups excluding carboxylic acids is 2. The molecule has 0 radical (unpaired) electrons. The standard InChI is InChI=1S/C15H24O4/c1-14(2)10-7-8-15(14,3)11(9-10)19-13(17)6-5-12(16)18-4/h10-11H,5-9H2,1-4H3. The molecule has 0 saturated heterocycles. The van der Waals surface area contributed by atoms with Crippen LogP contribution in [0.3, 0.4) is 0 Å². The van der Waals surface area contributed by atoms with Gasteiger partial charge >= 0.3 is 11.9 Å². The van der Waals surface area contributed by atoms with E-state index in [1.54, 1.807) is 0 Å². The van der Waals surface area contributed by atoms with E-state index in [0.29, 0.717) is 5.92 Å². The molecule has 0 aromatic rings.